The Kier molecular flexibility index (Phi) is 4.84. The van der Waals surface area contributed by atoms with Gasteiger partial charge >= 0.3 is 0 Å². The number of nitrogens with one attached hydrogen (secondary N) is 1. The van der Waals surface area contributed by atoms with Gasteiger partial charge in [0.15, 0.2) is 5.82 Å². The molecule has 0 aromatic carbocycles. The molecule has 0 aliphatic heterocycles. The Morgan fingerprint density at radius 1 is 1.44 bits per heavy atom. The standard InChI is InChI=1S/C8H16N4O3S/c1-7-11-8(15-12-7)6-10-16(13,14)5-3-2-4-9/h10H,2-6,9H2,1H3. The average molecular weight is 248 g/mol. The number of sulfonamides is 1. The van der Waals surface area contributed by atoms with Crippen molar-refractivity contribution in [3.8, 4) is 0 Å². The largest absolute Gasteiger partial charge is 0.338 e. The average Bonchev–Trinajstić information content (AvgIpc) is 2.62. The molecule has 92 valence electrons. The van der Waals surface area contributed by atoms with Gasteiger partial charge in [-0.15, -0.1) is 0 Å². The van der Waals surface area contributed by atoms with Crippen molar-refractivity contribution in [2.45, 2.75) is 26.3 Å². The maximum atomic E-state index is 11.4. The van der Waals surface area contributed by atoms with Gasteiger partial charge in [-0.05, 0) is 26.3 Å². The highest BCUT2D eigenvalue weighted by Crippen LogP contribution is 1.98. The molecule has 3 N–H and O–H groups in total. The normalized spacial score (nSPS) is 11.9. The van der Waals surface area contributed by atoms with Gasteiger partial charge in [0, 0.05) is 0 Å². The topological polar surface area (TPSA) is 111 Å². The van der Waals surface area contributed by atoms with Crippen LogP contribution in [-0.2, 0) is 16.6 Å². The molecule has 16 heavy (non-hydrogen) atoms. The lowest BCUT2D eigenvalue weighted by atomic mass is 10.3. The zero-order chi connectivity index (χ0) is 12.0. The van der Waals surface area contributed by atoms with Crippen LogP contribution in [0.3, 0.4) is 0 Å². The van der Waals surface area contributed by atoms with Gasteiger partial charge in [-0.1, -0.05) is 5.16 Å². The Hall–Kier alpha value is -0.990. The second-order valence-corrected chi connectivity index (χ2v) is 5.30. The van der Waals surface area contributed by atoms with Crippen molar-refractivity contribution in [3.63, 3.8) is 0 Å². The summed E-state index contributed by atoms with van der Waals surface area (Å²) >= 11 is 0. The number of hydrogen-bond acceptors (Lipinski definition) is 6. The summed E-state index contributed by atoms with van der Waals surface area (Å²) in [5, 5.41) is 3.56. The Morgan fingerprint density at radius 2 is 2.19 bits per heavy atom. The van der Waals surface area contributed by atoms with Crippen molar-refractivity contribution >= 4 is 10.0 Å². The number of aryl methyl sites for hydroxylation is 1. The molecule has 0 aliphatic carbocycles. The monoisotopic (exact) mass is 248 g/mol. The van der Waals surface area contributed by atoms with Crippen LogP contribution in [-0.4, -0.2) is 30.9 Å². The van der Waals surface area contributed by atoms with Gasteiger partial charge in [0.25, 0.3) is 0 Å². The zero-order valence-electron chi connectivity index (χ0n) is 9.14. The van der Waals surface area contributed by atoms with Crippen LogP contribution in [0.25, 0.3) is 0 Å². The van der Waals surface area contributed by atoms with Crippen LogP contribution >= 0.6 is 0 Å². The quantitative estimate of drug-likeness (QED) is 0.631. The smallest absolute Gasteiger partial charge is 0.241 e. The fraction of sp³-hybridized carbons (Fsp3) is 0.750. The molecule has 0 saturated heterocycles. The lowest BCUT2D eigenvalue weighted by Crippen LogP contribution is -2.26. The molecule has 0 fully saturated rings. The van der Waals surface area contributed by atoms with Crippen LogP contribution in [0.1, 0.15) is 24.6 Å². The highest BCUT2D eigenvalue weighted by atomic mass is 32.2. The summed E-state index contributed by atoms with van der Waals surface area (Å²) in [6.07, 6.45) is 1.25. The molecule has 0 amide bonds. The maximum Gasteiger partial charge on any atom is 0.241 e. The van der Waals surface area contributed by atoms with Gasteiger partial charge in [-0.25, -0.2) is 13.1 Å². The molecule has 0 radical (unpaired) electrons. The maximum absolute atomic E-state index is 11.4. The zero-order valence-corrected chi connectivity index (χ0v) is 9.96. The third-order valence-electron chi connectivity index (χ3n) is 1.88. The van der Waals surface area contributed by atoms with Crippen molar-refractivity contribution in [1.29, 1.82) is 0 Å². The number of rotatable bonds is 7. The Bertz CT molecular complexity index is 415. The molecular formula is C8H16N4O3S. The first-order valence-electron chi connectivity index (χ1n) is 5.00. The van der Waals surface area contributed by atoms with Gasteiger partial charge < -0.3 is 10.3 Å². The minimum absolute atomic E-state index is 0.0335. The predicted molar refractivity (Wildman–Crippen MR) is 57.9 cm³/mol. The summed E-state index contributed by atoms with van der Waals surface area (Å²) in [6.45, 7) is 2.20. The minimum atomic E-state index is -3.28. The minimum Gasteiger partial charge on any atom is -0.338 e. The summed E-state index contributed by atoms with van der Waals surface area (Å²) in [5.74, 6) is 0.814. The van der Waals surface area contributed by atoms with Gasteiger partial charge in [0.05, 0.1) is 12.3 Å². The molecule has 0 unspecified atom stereocenters. The SMILES string of the molecule is Cc1noc(CNS(=O)(=O)CCCCN)n1. The van der Waals surface area contributed by atoms with E-state index in [2.05, 4.69) is 14.9 Å². The number of hydrogen-bond donors (Lipinski definition) is 2. The molecule has 1 aromatic heterocycles. The van der Waals surface area contributed by atoms with Gasteiger partial charge in [0.2, 0.25) is 15.9 Å². The number of nitrogens with zero attached hydrogens (tertiary/aromatic N) is 2. The fourth-order valence-electron chi connectivity index (χ4n) is 1.09. The van der Waals surface area contributed by atoms with Crippen LogP contribution in [0.5, 0.6) is 0 Å². The van der Waals surface area contributed by atoms with Gasteiger partial charge in [0.1, 0.15) is 0 Å². The molecule has 1 aromatic rings. The molecule has 7 nitrogen and oxygen atoms in total. The van der Waals surface area contributed by atoms with Crippen molar-refractivity contribution in [2.75, 3.05) is 12.3 Å². The van der Waals surface area contributed by atoms with E-state index in [-0.39, 0.29) is 18.2 Å². The summed E-state index contributed by atoms with van der Waals surface area (Å²) in [6, 6.07) is 0. The third kappa shape index (κ3) is 4.69. The second-order valence-electron chi connectivity index (χ2n) is 3.37. The molecule has 0 aliphatic rings. The van der Waals surface area contributed by atoms with Crippen LogP contribution in [0.15, 0.2) is 4.52 Å². The molecule has 8 heteroatoms. The van der Waals surface area contributed by atoms with E-state index in [9.17, 15) is 8.42 Å². The predicted octanol–water partition coefficient (Wildman–Crippen LogP) is -0.464. The molecule has 0 spiro atoms. The Balaban J connectivity index is 2.36. The van der Waals surface area contributed by atoms with Crippen molar-refractivity contribution in [1.82, 2.24) is 14.9 Å². The molecule has 0 atom stereocenters. The van der Waals surface area contributed by atoms with Crippen molar-refractivity contribution in [3.05, 3.63) is 11.7 Å². The molecule has 1 rings (SSSR count). The Labute approximate surface area is 94.5 Å². The van der Waals surface area contributed by atoms with Crippen LogP contribution in [0.4, 0.5) is 0 Å². The first-order chi connectivity index (χ1) is 7.53. The second kappa shape index (κ2) is 5.92. The molecule has 0 bridgehead atoms. The van der Waals surface area contributed by atoms with E-state index in [0.717, 1.165) is 0 Å². The first-order valence-corrected chi connectivity index (χ1v) is 6.65. The lowest BCUT2D eigenvalue weighted by Gasteiger charge is -2.03. The highest BCUT2D eigenvalue weighted by Gasteiger charge is 2.11. The summed E-state index contributed by atoms with van der Waals surface area (Å²) in [4.78, 5) is 3.89. The summed E-state index contributed by atoms with van der Waals surface area (Å²) in [5.41, 5.74) is 5.28. The van der Waals surface area contributed by atoms with Gasteiger partial charge in [-0.2, -0.15) is 4.98 Å². The van der Waals surface area contributed by atoms with E-state index in [1.807, 2.05) is 0 Å². The van der Waals surface area contributed by atoms with Crippen molar-refractivity contribution < 1.29 is 12.9 Å². The number of unbranched alkanes of at least 4 members (excludes halogenated alkanes) is 1. The van der Waals surface area contributed by atoms with E-state index in [1.54, 1.807) is 6.92 Å². The van der Waals surface area contributed by atoms with E-state index in [1.165, 1.54) is 0 Å². The van der Waals surface area contributed by atoms with E-state index in [0.29, 0.717) is 25.2 Å². The lowest BCUT2D eigenvalue weighted by molar-refractivity contribution is 0.372. The van der Waals surface area contributed by atoms with E-state index < -0.39 is 10.0 Å². The van der Waals surface area contributed by atoms with Gasteiger partial charge in [-0.3, -0.25) is 0 Å². The Morgan fingerprint density at radius 3 is 2.75 bits per heavy atom. The van der Waals surface area contributed by atoms with Crippen LogP contribution < -0.4 is 10.5 Å². The van der Waals surface area contributed by atoms with Crippen LogP contribution in [0, 0.1) is 6.92 Å². The van der Waals surface area contributed by atoms with E-state index in [4.69, 9.17) is 10.3 Å². The van der Waals surface area contributed by atoms with Crippen molar-refractivity contribution in [2.24, 2.45) is 5.73 Å². The summed E-state index contributed by atoms with van der Waals surface area (Å²) in [7, 11) is -3.28. The first kappa shape index (κ1) is 13.1. The van der Waals surface area contributed by atoms with Crippen LogP contribution in [0.2, 0.25) is 0 Å². The molecular weight excluding hydrogens is 232 g/mol. The third-order valence-corrected chi connectivity index (χ3v) is 3.29. The molecule has 0 saturated carbocycles. The highest BCUT2D eigenvalue weighted by molar-refractivity contribution is 7.89. The fourth-order valence-corrected chi connectivity index (χ4v) is 2.16. The summed E-state index contributed by atoms with van der Waals surface area (Å²) < 4.78 is 30.0. The van der Waals surface area contributed by atoms with E-state index >= 15 is 0 Å². The number of nitrogens with two attached hydrogens (primary N) is 1. The number of aromatic nitrogens is 2. The molecule has 1 heterocycles.